The predicted molar refractivity (Wildman–Crippen MR) is 94.2 cm³/mol. The Morgan fingerprint density at radius 1 is 1.17 bits per heavy atom. The first-order valence-electron chi connectivity index (χ1n) is 7.73. The molecule has 3 heterocycles. The van der Waals surface area contributed by atoms with Crippen molar-refractivity contribution in [2.75, 3.05) is 0 Å². The molecule has 3 aromatic rings. The van der Waals surface area contributed by atoms with Crippen molar-refractivity contribution in [1.29, 1.82) is 0 Å². The third kappa shape index (κ3) is 2.87. The molecule has 0 radical (unpaired) electrons. The first kappa shape index (κ1) is 17.1. The van der Waals surface area contributed by atoms with E-state index in [0.29, 0.717) is 11.7 Å². The molecule has 0 unspecified atom stereocenters. The lowest BCUT2D eigenvalue weighted by Crippen LogP contribution is -2.34. The molecular weight excluding hydrogens is 348 g/mol. The van der Waals surface area contributed by atoms with Crippen LogP contribution in [0.3, 0.4) is 0 Å². The second-order valence-electron chi connectivity index (χ2n) is 6.13. The largest absolute Gasteiger partial charge is 0.459 e. The lowest BCUT2D eigenvalue weighted by atomic mass is 9.99. The van der Waals surface area contributed by atoms with Crippen LogP contribution in [0.2, 0.25) is 0 Å². The number of rotatable bonds is 3. The number of hydrogen-bond acceptors (Lipinski definition) is 7. The minimum Gasteiger partial charge on any atom is -0.459 e. The summed E-state index contributed by atoms with van der Waals surface area (Å²) in [4.78, 5) is 9.97. The Kier molecular flexibility index (Phi) is 4.50. The molecular formula is C16H19ClN4O2S. The molecule has 0 bridgehead atoms. The number of nitrogens with two attached hydrogens (primary N) is 1. The van der Waals surface area contributed by atoms with Crippen LogP contribution < -0.4 is 5.73 Å². The summed E-state index contributed by atoms with van der Waals surface area (Å²) in [5, 5.41) is 4.93. The molecule has 6 nitrogen and oxygen atoms in total. The fourth-order valence-electron chi connectivity index (χ4n) is 3.00. The third-order valence-corrected chi connectivity index (χ3v) is 5.47. The van der Waals surface area contributed by atoms with E-state index in [9.17, 15) is 0 Å². The van der Waals surface area contributed by atoms with Gasteiger partial charge in [0.1, 0.15) is 10.6 Å². The number of halogens is 1. The highest BCUT2D eigenvalue weighted by molar-refractivity contribution is 7.18. The predicted octanol–water partition coefficient (Wildman–Crippen LogP) is 4.22. The molecule has 0 spiro atoms. The van der Waals surface area contributed by atoms with Crippen LogP contribution in [0.4, 0.5) is 0 Å². The molecule has 0 saturated heterocycles. The van der Waals surface area contributed by atoms with Gasteiger partial charge in [-0.05, 0) is 38.8 Å². The average molecular weight is 367 g/mol. The minimum absolute atomic E-state index is 0. The van der Waals surface area contributed by atoms with E-state index in [2.05, 4.69) is 15.1 Å². The smallest absolute Gasteiger partial charge is 0.270 e. The van der Waals surface area contributed by atoms with Gasteiger partial charge in [0.05, 0.1) is 11.2 Å². The van der Waals surface area contributed by atoms with Gasteiger partial charge in [0.15, 0.2) is 16.6 Å². The summed E-state index contributed by atoms with van der Waals surface area (Å²) >= 11 is 1.49. The molecule has 24 heavy (non-hydrogen) atoms. The molecule has 1 fully saturated rings. The summed E-state index contributed by atoms with van der Waals surface area (Å²) in [6, 6.07) is 3.85. The van der Waals surface area contributed by atoms with Crippen molar-refractivity contribution in [1.82, 2.24) is 15.1 Å². The van der Waals surface area contributed by atoms with Crippen molar-refractivity contribution < 1.29 is 8.94 Å². The molecule has 128 valence electrons. The normalized spacial score (nSPS) is 16.3. The fraction of sp³-hybridized carbons (Fsp3) is 0.438. The van der Waals surface area contributed by atoms with Gasteiger partial charge in [-0.25, -0.2) is 4.98 Å². The number of aromatic nitrogens is 3. The number of nitrogens with zero attached hydrogens (tertiary/aromatic N) is 3. The first-order valence-corrected chi connectivity index (χ1v) is 8.54. The van der Waals surface area contributed by atoms with Crippen LogP contribution in [0.1, 0.15) is 43.0 Å². The van der Waals surface area contributed by atoms with Gasteiger partial charge in [0, 0.05) is 0 Å². The van der Waals surface area contributed by atoms with Gasteiger partial charge in [0.25, 0.3) is 5.89 Å². The summed E-state index contributed by atoms with van der Waals surface area (Å²) in [5.74, 6) is 2.71. The second kappa shape index (κ2) is 6.31. The van der Waals surface area contributed by atoms with Crippen molar-refractivity contribution in [3.8, 4) is 21.5 Å². The van der Waals surface area contributed by atoms with Crippen molar-refractivity contribution >= 4 is 23.7 Å². The zero-order chi connectivity index (χ0) is 16.0. The van der Waals surface area contributed by atoms with Gasteiger partial charge < -0.3 is 14.7 Å². The van der Waals surface area contributed by atoms with Gasteiger partial charge >= 0.3 is 0 Å². The Morgan fingerprint density at radius 2 is 1.92 bits per heavy atom. The summed E-state index contributed by atoms with van der Waals surface area (Å²) in [6.07, 6.45) is 4.04. The molecule has 0 amide bonds. The Balaban J connectivity index is 0.00000169. The van der Waals surface area contributed by atoms with Gasteiger partial charge in [-0.2, -0.15) is 4.98 Å². The van der Waals surface area contributed by atoms with E-state index in [1.165, 1.54) is 11.3 Å². The topological polar surface area (TPSA) is 91.0 Å². The van der Waals surface area contributed by atoms with Crippen molar-refractivity contribution in [2.45, 2.75) is 45.1 Å². The Labute approximate surface area is 149 Å². The molecule has 3 aromatic heterocycles. The van der Waals surface area contributed by atoms with Gasteiger partial charge in [-0.3, -0.25) is 0 Å². The van der Waals surface area contributed by atoms with E-state index in [0.717, 1.165) is 52.8 Å². The maximum absolute atomic E-state index is 6.40. The molecule has 8 heteroatoms. The van der Waals surface area contributed by atoms with Crippen molar-refractivity contribution in [3.05, 3.63) is 29.4 Å². The molecule has 0 atom stereocenters. The van der Waals surface area contributed by atoms with Gasteiger partial charge in [-0.15, -0.1) is 23.7 Å². The van der Waals surface area contributed by atoms with Crippen LogP contribution in [-0.4, -0.2) is 15.1 Å². The Morgan fingerprint density at radius 3 is 2.58 bits per heavy atom. The fourth-order valence-corrected chi connectivity index (χ4v) is 3.95. The SMILES string of the molecule is Cc1ccc(-c2nc(C)c(-c3nc(C4(N)CCCC4)no3)s2)o1.Cl. The monoisotopic (exact) mass is 366 g/mol. The molecule has 1 saturated carbocycles. The number of thiazole rings is 1. The van der Waals surface area contributed by atoms with Crippen LogP contribution in [0.5, 0.6) is 0 Å². The van der Waals surface area contributed by atoms with Crippen LogP contribution in [0, 0.1) is 13.8 Å². The van der Waals surface area contributed by atoms with E-state index < -0.39 is 5.54 Å². The number of aryl methyl sites for hydroxylation is 2. The van der Waals surface area contributed by atoms with Gasteiger partial charge in [0.2, 0.25) is 0 Å². The molecule has 0 aliphatic heterocycles. The average Bonchev–Trinajstić information content (AvgIpc) is 3.25. The molecule has 4 rings (SSSR count). The van der Waals surface area contributed by atoms with Crippen LogP contribution >= 0.6 is 23.7 Å². The highest BCUT2D eigenvalue weighted by Gasteiger charge is 2.36. The van der Waals surface area contributed by atoms with Gasteiger partial charge in [-0.1, -0.05) is 18.0 Å². The molecule has 2 N–H and O–H groups in total. The minimum atomic E-state index is -0.443. The van der Waals surface area contributed by atoms with Crippen LogP contribution in [0.15, 0.2) is 21.1 Å². The lowest BCUT2D eigenvalue weighted by molar-refractivity contribution is 0.373. The van der Waals surface area contributed by atoms with Crippen molar-refractivity contribution in [2.24, 2.45) is 5.73 Å². The highest BCUT2D eigenvalue weighted by atomic mass is 35.5. The summed E-state index contributed by atoms with van der Waals surface area (Å²) in [7, 11) is 0. The third-order valence-electron chi connectivity index (χ3n) is 4.31. The van der Waals surface area contributed by atoms with E-state index >= 15 is 0 Å². The summed E-state index contributed by atoms with van der Waals surface area (Å²) in [5.41, 5.74) is 6.81. The number of hydrogen-bond donors (Lipinski definition) is 1. The first-order chi connectivity index (χ1) is 11.0. The van der Waals surface area contributed by atoms with Crippen LogP contribution in [-0.2, 0) is 5.54 Å². The Bertz CT molecular complexity index is 848. The zero-order valence-electron chi connectivity index (χ0n) is 13.5. The van der Waals surface area contributed by atoms with Crippen molar-refractivity contribution in [3.63, 3.8) is 0 Å². The maximum Gasteiger partial charge on any atom is 0.270 e. The van der Waals surface area contributed by atoms with E-state index in [1.54, 1.807) is 0 Å². The maximum atomic E-state index is 6.40. The molecule has 1 aliphatic carbocycles. The van der Waals surface area contributed by atoms with E-state index in [1.807, 2.05) is 26.0 Å². The van der Waals surface area contributed by atoms with E-state index in [-0.39, 0.29) is 12.4 Å². The highest BCUT2D eigenvalue weighted by Crippen LogP contribution is 2.38. The zero-order valence-corrected chi connectivity index (χ0v) is 15.2. The quantitative estimate of drug-likeness (QED) is 0.746. The molecule has 0 aromatic carbocycles. The Hall–Kier alpha value is -1.70. The summed E-state index contributed by atoms with van der Waals surface area (Å²) < 4.78 is 11.1. The summed E-state index contributed by atoms with van der Waals surface area (Å²) in [6.45, 7) is 3.85. The second-order valence-corrected chi connectivity index (χ2v) is 7.13. The lowest BCUT2D eigenvalue weighted by Gasteiger charge is -2.17. The number of furan rings is 1. The van der Waals surface area contributed by atoms with Crippen LogP contribution in [0.25, 0.3) is 21.5 Å². The van der Waals surface area contributed by atoms with E-state index in [4.69, 9.17) is 14.7 Å². The standard InChI is InChI=1S/C16H18N4O2S.ClH/c1-9-5-6-11(21-9)14-18-10(2)12(23-14)13-19-15(20-22-13)16(17)7-3-4-8-16;/h5-6H,3-4,7-8,17H2,1-2H3;1H. The molecule has 1 aliphatic rings.